The number of aliphatic hydroxyl groups is 3. The fourth-order valence-corrected chi connectivity index (χ4v) is 1.91. The van der Waals surface area contributed by atoms with Gasteiger partial charge in [-0.2, -0.15) is 0 Å². The predicted molar refractivity (Wildman–Crippen MR) is 60.2 cm³/mol. The summed E-state index contributed by atoms with van der Waals surface area (Å²) in [7, 11) is 1.37. The van der Waals surface area contributed by atoms with Crippen molar-refractivity contribution in [3.63, 3.8) is 0 Å². The predicted octanol–water partition coefficient (Wildman–Crippen LogP) is -2.62. The minimum Gasteiger partial charge on any atom is -0.394 e. The number of methoxy groups -OCH3 is 1. The van der Waals surface area contributed by atoms with Crippen LogP contribution in [0.25, 0.3) is 0 Å². The van der Waals surface area contributed by atoms with E-state index in [1.807, 2.05) is 0 Å². The lowest BCUT2D eigenvalue weighted by atomic mass is 9.96. The van der Waals surface area contributed by atoms with Gasteiger partial charge in [-0.1, -0.05) is 0 Å². The maximum absolute atomic E-state index is 9.92. The van der Waals surface area contributed by atoms with Gasteiger partial charge in [-0.25, -0.2) is 0 Å². The van der Waals surface area contributed by atoms with E-state index in [9.17, 15) is 15.3 Å². The zero-order chi connectivity index (χ0) is 12.8. The van der Waals surface area contributed by atoms with Gasteiger partial charge in [-0.3, -0.25) is 0 Å². The summed E-state index contributed by atoms with van der Waals surface area (Å²) in [6, 6.07) is -0.534. The van der Waals surface area contributed by atoms with E-state index >= 15 is 0 Å². The Morgan fingerprint density at radius 3 is 2.59 bits per heavy atom. The van der Waals surface area contributed by atoms with Gasteiger partial charge < -0.3 is 35.8 Å². The van der Waals surface area contributed by atoms with E-state index in [-0.39, 0.29) is 6.61 Å². The first-order valence-electron chi connectivity index (χ1n) is 5.74. The van der Waals surface area contributed by atoms with Gasteiger partial charge in [-0.15, -0.1) is 0 Å². The lowest BCUT2D eigenvalue weighted by Gasteiger charge is -2.42. The van der Waals surface area contributed by atoms with Crippen LogP contribution in [-0.2, 0) is 9.47 Å². The van der Waals surface area contributed by atoms with Crippen LogP contribution in [0, 0.1) is 0 Å². The van der Waals surface area contributed by atoms with Gasteiger partial charge in [0, 0.05) is 7.11 Å². The SMILES string of the molecule is CO[C@H]1OC(CO)[C@@H](NCCCN)C(O)C1O. The highest BCUT2D eigenvalue weighted by molar-refractivity contribution is 4.93. The van der Waals surface area contributed by atoms with E-state index in [1.54, 1.807) is 0 Å². The molecule has 3 unspecified atom stereocenters. The fraction of sp³-hybridized carbons (Fsp3) is 1.00. The summed E-state index contributed by atoms with van der Waals surface area (Å²) in [5.74, 6) is 0. The van der Waals surface area contributed by atoms with Crippen molar-refractivity contribution in [2.24, 2.45) is 5.73 Å². The molecule has 0 amide bonds. The zero-order valence-electron chi connectivity index (χ0n) is 9.95. The molecule has 102 valence electrons. The van der Waals surface area contributed by atoms with Crippen LogP contribution in [0.2, 0.25) is 0 Å². The Kier molecular flexibility index (Phi) is 6.28. The third-order valence-electron chi connectivity index (χ3n) is 2.88. The van der Waals surface area contributed by atoms with Crippen molar-refractivity contribution in [1.82, 2.24) is 5.32 Å². The number of hydrogen-bond acceptors (Lipinski definition) is 7. The summed E-state index contributed by atoms with van der Waals surface area (Å²) < 4.78 is 10.2. The summed E-state index contributed by atoms with van der Waals surface area (Å²) in [6.45, 7) is 0.857. The summed E-state index contributed by atoms with van der Waals surface area (Å²) in [6.07, 6.45) is -2.99. The van der Waals surface area contributed by atoms with Gasteiger partial charge in [0.2, 0.25) is 0 Å². The van der Waals surface area contributed by atoms with Gasteiger partial charge in [0.25, 0.3) is 0 Å². The average Bonchev–Trinajstić information content (AvgIpc) is 2.35. The highest BCUT2D eigenvalue weighted by Crippen LogP contribution is 2.21. The Balaban J connectivity index is 2.59. The van der Waals surface area contributed by atoms with E-state index in [2.05, 4.69) is 5.32 Å². The van der Waals surface area contributed by atoms with Crippen molar-refractivity contribution in [2.45, 2.75) is 37.1 Å². The fourth-order valence-electron chi connectivity index (χ4n) is 1.91. The monoisotopic (exact) mass is 250 g/mol. The van der Waals surface area contributed by atoms with E-state index in [4.69, 9.17) is 15.2 Å². The molecule has 7 heteroatoms. The Hall–Kier alpha value is -0.280. The molecule has 0 aromatic rings. The summed E-state index contributed by atoms with van der Waals surface area (Å²) in [4.78, 5) is 0. The van der Waals surface area contributed by atoms with Gasteiger partial charge in [0.15, 0.2) is 6.29 Å². The van der Waals surface area contributed by atoms with Crippen molar-refractivity contribution >= 4 is 0 Å². The second kappa shape index (κ2) is 7.22. The van der Waals surface area contributed by atoms with Crippen LogP contribution in [0.4, 0.5) is 0 Å². The third kappa shape index (κ3) is 3.59. The number of ether oxygens (including phenoxy) is 2. The van der Waals surface area contributed by atoms with Crippen LogP contribution >= 0.6 is 0 Å². The van der Waals surface area contributed by atoms with Crippen molar-refractivity contribution in [2.75, 3.05) is 26.8 Å². The normalized spacial score (nSPS) is 38.3. The number of aliphatic hydroxyl groups excluding tert-OH is 3. The number of rotatable bonds is 6. The summed E-state index contributed by atoms with van der Waals surface area (Å²) in [5.41, 5.74) is 5.36. The molecule has 5 atom stereocenters. The largest absolute Gasteiger partial charge is 0.394 e. The lowest BCUT2D eigenvalue weighted by Crippen LogP contribution is -2.63. The molecule has 1 fully saturated rings. The zero-order valence-corrected chi connectivity index (χ0v) is 9.95. The molecule has 1 aliphatic heterocycles. The van der Waals surface area contributed by atoms with Crippen molar-refractivity contribution < 1.29 is 24.8 Å². The van der Waals surface area contributed by atoms with Crippen LogP contribution in [0.5, 0.6) is 0 Å². The third-order valence-corrected chi connectivity index (χ3v) is 2.88. The van der Waals surface area contributed by atoms with Crippen molar-refractivity contribution in [3.05, 3.63) is 0 Å². The average molecular weight is 250 g/mol. The Labute approximate surface area is 101 Å². The van der Waals surface area contributed by atoms with E-state index in [0.29, 0.717) is 13.1 Å². The van der Waals surface area contributed by atoms with Crippen molar-refractivity contribution in [1.29, 1.82) is 0 Å². The molecule has 1 saturated heterocycles. The number of hydrogen-bond donors (Lipinski definition) is 5. The number of nitrogens with one attached hydrogen (secondary N) is 1. The first-order valence-corrected chi connectivity index (χ1v) is 5.74. The van der Waals surface area contributed by atoms with Gasteiger partial charge in [-0.05, 0) is 19.5 Å². The second-order valence-corrected chi connectivity index (χ2v) is 4.06. The van der Waals surface area contributed by atoms with Crippen LogP contribution in [0.15, 0.2) is 0 Å². The van der Waals surface area contributed by atoms with Crippen LogP contribution < -0.4 is 11.1 Å². The van der Waals surface area contributed by atoms with Gasteiger partial charge >= 0.3 is 0 Å². The molecule has 0 saturated carbocycles. The van der Waals surface area contributed by atoms with Crippen LogP contribution in [0.3, 0.4) is 0 Å². The molecule has 0 bridgehead atoms. The van der Waals surface area contributed by atoms with Crippen LogP contribution in [-0.4, -0.2) is 72.8 Å². The van der Waals surface area contributed by atoms with Gasteiger partial charge in [0.1, 0.15) is 18.3 Å². The second-order valence-electron chi connectivity index (χ2n) is 4.06. The Bertz CT molecular complexity index is 217. The first-order chi connectivity index (χ1) is 8.15. The molecule has 0 aromatic carbocycles. The summed E-state index contributed by atoms with van der Waals surface area (Å²) in [5, 5.41) is 31.9. The van der Waals surface area contributed by atoms with Gasteiger partial charge in [0.05, 0.1) is 12.6 Å². The Morgan fingerprint density at radius 1 is 1.35 bits per heavy atom. The van der Waals surface area contributed by atoms with E-state index in [0.717, 1.165) is 6.42 Å². The molecule has 1 heterocycles. The quantitative estimate of drug-likeness (QED) is 0.328. The molecule has 0 aliphatic carbocycles. The molecule has 0 radical (unpaired) electrons. The highest BCUT2D eigenvalue weighted by Gasteiger charge is 2.43. The molecule has 0 spiro atoms. The molecule has 1 aliphatic rings. The number of nitrogens with two attached hydrogens (primary N) is 1. The lowest BCUT2D eigenvalue weighted by molar-refractivity contribution is -0.272. The topological polar surface area (TPSA) is 117 Å². The molecule has 0 aromatic heterocycles. The molecular formula is C10H22N2O5. The van der Waals surface area contributed by atoms with E-state index < -0.39 is 30.6 Å². The van der Waals surface area contributed by atoms with Crippen LogP contribution in [0.1, 0.15) is 6.42 Å². The van der Waals surface area contributed by atoms with Crippen molar-refractivity contribution in [3.8, 4) is 0 Å². The molecule has 1 rings (SSSR count). The minimum atomic E-state index is -1.14. The first kappa shape index (κ1) is 14.8. The molecule has 17 heavy (non-hydrogen) atoms. The standard InChI is InChI=1S/C10H22N2O5/c1-16-10-9(15)8(14)7(6(5-13)17-10)12-4-2-3-11/h6-10,12-15H,2-5,11H2,1H3/t6?,7-,8?,9?,10+/m1/s1. The molecule has 6 N–H and O–H groups in total. The summed E-state index contributed by atoms with van der Waals surface area (Å²) >= 11 is 0. The molecular weight excluding hydrogens is 228 g/mol. The highest BCUT2D eigenvalue weighted by atomic mass is 16.7. The maximum Gasteiger partial charge on any atom is 0.186 e. The maximum atomic E-state index is 9.92. The molecule has 7 nitrogen and oxygen atoms in total. The minimum absolute atomic E-state index is 0.260. The van der Waals surface area contributed by atoms with E-state index in [1.165, 1.54) is 7.11 Å². The Morgan fingerprint density at radius 2 is 2.06 bits per heavy atom. The smallest absolute Gasteiger partial charge is 0.186 e.